The van der Waals surface area contributed by atoms with Gasteiger partial charge in [-0.1, -0.05) is 0 Å². The van der Waals surface area contributed by atoms with Crippen LogP contribution in [0.1, 0.15) is 26.7 Å². The quantitative estimate of drug-likeness (QED) is 0.612. The maximum Gasteiger partial charge on any atom is 0.309 e. The highest BCUT2D eigenvalue weighted by atomic mass is 16.5. The van der Waals surface area contributed by atoms with Crippen LogP contribution in [-0.2, 0) is 9.53 Å². The van der Waals surface area contributed by atoms with Gasteiger partial charge in [0.2, 0.25) is 0 Å². The van der Waals surface area contributed by atoms with Gasteiger partial charge in [-0.15, -0.1) is 0 Å². The van der Waals surface area contributed by atoms with E-state index < -0.39 is 5.60 Å². The first-order chi connectivity index (χ1) is 5.99. The van der Waals surface area contributed by atoms with E-state index in [0.717, 1.165) is 0 Å². The fourth-order valence-electron chi connectivity index (χ4n) is 1.59. The minimum atomic E-state index is -0.850. The Labute approximate surface area is 78.1 Å². The molecule has 0 bridgehead atoms. The average Bonchev–Trinajstić information content (AvgIpc) is 1.98. The van der Waals surface area contributed by atoms with Gasteiger partial charge in [-0.2, -0.15) is 0 Å². The molecule has 0 aromatic heterocycles. The highest BCUT2D eigenvalue weighted by molar-refractivity contribution is 5.74. The fourth-order valence-corrected chi connectivity index (χ4v) is 1.59. The molecular weight excluding hydrogens is 170 g/mol. The van der Waals surface area contributed by atoms with E-state index in [9.17, 15) is 9.90 Å². The van der Waals surface area contributed by atoms with Crippen LogP contribution in [0, 0.1) is 5.92 Å². The number of hydrogen-bond donors (Lipinski definition) is 2. The van der Waals surface area contributed by atoms with Crippen LogP contribution < -0.4 is 5.73 Å². The molecule has 3 N–H and O–H groups in total. The molecule has 76 valence electrons. The molecule has 1 rings (SSSR count). The Morgan fingerprint density at radius 1 is 1.77 bits per heavy atom. The van der Waals surface area contributed by atoms with Crippen molar-refractivity contribution in [2.75, 3.05) is 6.61 Å². The minimum Gasteiger partial charge on any atom is -0.466 e. The van der Waals surface area contributed by atoms with E-state index in [1.165, 1.54) is 0 Å². The number of esters is 1. The summed E-state index contributed by atoms with van der Waals surface area (Å²) in [6.45, 7) is 3.92. The van der Waals surface area contributed by atoms with Crippen LogP contribution in [0.2, 0.25) is 0 Å². The highest BCUT2D eigenvalue weighted by Crippen LogP contribution is 2.40. The van der Waals surface area contributed by atoms with Gasteiger partial charge in [-0.25, -0.2) is 0 Å². The van der Waals surface area contributed by atoms with Crippen LogP contribution >= 0.6 is 0 Å². The van der Waals surface area contributed by atoms with Crippen molar-refractivity contribution in [1.82, 2.24) is 0 Å². The first kappa shape index (κ1) is 10.5. The number of aliphatic hydroxyl groups is 1. The summed E-state index contributed by atoms with van der Waals surface area (Å²) in [6, 6.07) is -0.279. The Morgan fingerprint density at radius 2 is 2.31 bits per heavy atom. The van der Waals surface area contributed by atoms with E-state index in [1.807, 2.05) is 0 Å². The summed E-state index contributed by atoms with van der Waals surface area (Å²) in [7, 11) is 0. The third kappa shape index (κ3) is 2.00. The summed E-state index contributed by atoms with van der Waals surface area (Å²) in [5, 5.41) is 9.74. The van der Waals surface area contributed by atoms with Crippen molar-refractivity contribution >= 4 is 5.97 Å². The van der Waals surface area contributed by atoms with Gasteiger partial charge in [0.15, 0.2) is 0 Å². The molecule has 13 heavy (non-hydrogen) atoms. The SMILES string of the molecule is CCOC(=O)C1CC(O)(C(C)N)C1. The van der Waals surface area contributed by atoms with Gasteiger partial charge < -0.3 is 15.6 Å². The summed E-state index contributed by atoms with van der Waals surface area (Å²) in [5.74, 6) is -0.372. The lowest BCUT2D eigenvalue weighted by Gasteiger charge is -2.44. The van der Waals surface area contributed by atoms with Crippen molar-refractivity contribution in [3.63, 3.8) is 0 Å². The van der Waals surface area contributed by atoms with Crippen LogP contribution in [0.4, 0.5) is 0 Å². The molecule has 1 saturated carbocycles. The summed E-state index contributed by atoms with van der Waals surface area (Å²) in [5.41, 5.74) is 4.72. The van der Waals surface area contributed by atoms with Crippen molar-refractivity contribution in [1.29, 1.82) is 0 Å². The maximum atomic E-state index is 11.2. The Bertz CT molecular complexity index is 197. The van der Waals surface area contributed by atoms with Gasteiger partial charge >= 0.3 is 5.97 Å². The first-order valence-electron chi connectivity index (χ1n) is 4.64. The summed E-state index contributed by atoms with van der Waals surface area (Å²) >= 11 is 0. The molecule has 0 aliphatic heterocycles. The molecular formula is C9H17NO3. The second kappa shape index (κ2) is 3.64. The van der Waals surface area contributed by atoms with E-state index in [2.05, 4.69) is 0 Å². The van der Waals surface area contributed by atoms with E-state index in [1.54, 1.807) is 13.8 Å². The van der Waals surface area contributed by atoms with Crippen LogP contribution in [0.15, 0.2) is 0 Å². The zero-order chi connectivity index (χ0) is 10.1. The Hall–Kier alpha value is -0.610. The van der Waals surface area contributed by atoms with Crippen molar-refractivity contribution in [3.05, 3.63) is 0 Å². The number of ether oxygens (including phenoxy) is 1. The molecule has 4 heteroatoms. The Balaban J connectivity index is 2.36. The number of carbonyl (C=O) groups excluding carboxylic acids is 1. The minimum absolute atomic E-state index is 0.157. The van der Waals surface area contributed by atoms with Crippen molar-refractivity contribution < 1.29 is 14.6 Å². The van der Waals surface area contributed by atoms with Crippen LogP contribution in [0.25, 0.3) is 0 Å². The lowest BCUT2D eigenvalue weighted by atomic mass is 9.67. The van der Waals surface area contributed by atoms with E-state index >= 15 is 0 Å². The van der Waals surface area contributed by atoms with Crippen molar-refractivity contribution in [2.45, 2.75) is 38.3 Å². The highest BCUT2D eigenvalue weighted by Gasteiger charge is 2.49. The lowest BCUT2D eigenvalue weighted by molar-refractivity contribution is -0.166. The summed E-state index contributed by atoms with van der Waals surface area (Å²) < 4.78 is 4.83. The molecule has 0 saturated heterocycles. The van der Waals surface area contributed by atoms with Crippen molar-refractivity contribution in [2.24, 2.45) is 11.7 Å². The van der Waals surface area contributed by atoms with Gasteiger partial charge in [-0.3, -0.25) is 4.79 Å². The number of rotatable bonds is 3. The van der Waals surface area contributed by atoms with Crippen LogP contribution in [0.5, 0.6) is 0 Å². The second-order valence-electron chi connectivity index (χ2n) is 3.75. The summed E-state index contributed by atoms with van der Waals surface area (Å²) in [4.78, 5) is 11.2. The van der Waals surface area contributed by atoms with E-state index in [-0.39, 0.29) is 17.9 Å². The van der Waals surface area contributed by atoms with Crippen molar-refractivity contribution in [3.8, 4) is 0 Å². The van der Waals surface area contributed by atoms with Gasteiger partial charge in [0.25, 0.3) is 0 Å². The largest absolute Gasteiger partial charge is 0.466 e. The van der Waals surface area contributed by atoms with Gasteiger partial charge in [0.05, 0.1) is 18.1 Å². The Kier molecular flexibility index (Phi) is 2.93. The molecule has 0 aromatic rings. The molecule has 0 amide bonds. The van der Waals surface area contributed by atoms with E-state index in [0.29, 0.717) is 19.4 Å². The molecule has 1 unspecified atom stereocenters. The topological polar surface area (TPSA) is 72.5 Å². The van der Waals surface area contributed by atoms with E-state index in [4.69, 9.17) is 10.5 Å². The fraction of sp³-hybridized carbons (Fsp3) is 0.889. The maximum absolute atomic E-state index is 11.2. The molecule has 4 nitrogen and oxygen atoms in total. The number of carbonyl (C=O) groups is 1. The standard InChI is InChI=1S/C9H17NO3/c1-3-13-8(11)7-4-9(12,5-7)6(2)10/h6-7,12H,3-5,10H2,1-2H3. The molecule has 0 heterocycles. The zero-order valence-electron chi connectivity index (χ0n) is 8.12. The zero-order valence-corrected chi connectivity index (χ0v) is 8.12. The molecule has 0 spiro atoms. The normalized spacial score (nSPS) is 34.9. The lowest BCUT2D eigenvalue weighted by Crippen LogP contribution is -2.57. The van der Waals surface area contributed by atoms with Gasteiger partial charge in [0.1, 0.15) is 0 Å². The van der Waals surface area contributed by atoms with Crippen LogP contribution in [-0.4, -0.2) is 29.3 Å². The predicted molar refractivity (Wildman–Crippen MR) is 48.0 cm³/mol. The molecule has 0 aromatic carbocycles. The third-order valence-corrected chi connectivity index (χ3v) is 2.67. The summed E-state index contributed by atoms with van der Waals surface area (Å²) in [6.07, 6.45) is 0.868. The number of hydrogen-bond acceptors (Lipinski definition) is 4. The monoisotopic (exact) mass is 187 g/mol. The Morgan fingerprint density at radius 3 is 2.69 bits per heavy atom. The average molecular weight is 187 g/mol. The smallest absolute Gasteiger partial charge is 0.309 e. The predicted octanol–water partition coefficient (Wildman–Crippen LogP) is 0.0378. The molecule has 1 aliphatic carbocycles. The molecule has 1 aliphatic rings. The molecule has 1 atom stereocenters. The third-order valence-electron chi connectivity index (χ3n) is 2.67. The second-order valence-corrected chi connectivity index (χ2v) is 3.75. The first-order valence-corrected chi connectivity index (χ1v) is 4.64. The van der Waals surface area contributed by atoms with Crippen LogP contribution in [0.3, 0.4) is 0 Å². The molecule has 0 radical (unpaired) electrons. The van der Waals surface area contributed by atoms with Gasteiger partial charge in [0, 0.05) is 6.04 Å². The van der Waals surface area contributed by atoms with Gasteiger partial charge in [-0.05, 0) is 26.7 Å². The molecule has 1 fully saturated rings. The number of nitrogens with two attached hydrogens (primary N) is 1.